The molecule has 2 aliphatic heterocycles. The van der Waals surface area contributed by atoms with E-state index in [0.717, 1.165) is 44.9 Å². The molecule has 0 aromatic carbocycles. The van der Waals surface area contributed by atoms with Crippen LogP contribution in [0.1, 0.15) is 79.1 Å². The van der Waals surface area contributed by atoms with Gasteiger partial charge in [0.05, 0.1) is 24.9 Å². The van der Waals surface area contributed by atoms with Crippen molar-refractivity contribution in [3.63, 3.8) is 0 Å². The number of hydrogen-bond acceptors (Lipinski definition) is 5. The van der Waals surface area contributed by atoms with Crippen LogP contribution in [0.15, 0.2) is 0 Å². The zero-order valence-corrected chi connectivity index (χ0v) is 20.3. The summed E-state index contributed by atoms with van der Waals surface area (Å²) in [5, 5.41) is 22.0. The third-order valence-corrected chi connectivity index (χ3v) is 11.8. The Morgan fingerprint density at radius 1 is 1.00 bits per heavy atom. The molecule has 0 amide bonds. The number of rotatable bonds is 0. The number of fused-ring (bicyclic) bond motifs is 7. The number of ketones is 1. The normalized spacial score (nSPS) is 61.8. The van der Waals surface area contributed by atoms with Crippen molar-refractivity contribution in [2.45, 2.75) is 103 Å². The monoisotopic (exact) mass is 446 g/mol. The molecular weight excluding hydrogens is 404 g/mol. The predicted octanol–water partition coefficient (Wildman–Crippen LogP) is 3.94. The predicted molar refractivity (Wildman–Crippen MR) is 120 cm³/mol. The van der Waals surface area contributed by atoms with Crippen LogP contribution in [0.25, 0.3) is 0 Å². The van der Waals surface area contributed by atoms with E-state index in [4.69, 9.17) is 9.47 Å². The Labute approximate surface area is 192 Å². The average Bonchev–Trinajstić information content (AvgIpc) is 3.16. The molecule has 0 unspecified atom stereocenters. The average molecular weight is 447 g/mol. The largest absolute Gasteiger partial charge is 0.393 e. The number of carbonyl (C=O) groups excluding carboxylic acids is 1. The summed E-state index contributed by atoms with van der Waals surface area (Å²) in [4.78, 5) is 14.0. The second-order valence-corrected chi connectivity index (χ2v) is 13.1. The van der Waals surface area contributed by atoms with Crippen LogP contribution in [0, 0.1) is 52.3 Å². The maximum Gasteiger partial charge on any atom is 0.171 e. The van der Waals surface area contributed by atoms with Crippen LogP contribution in [-0.4, -0.2) is 46.7 Å². The minimum Gasteiger partial charge on any atom is -0.393 e. The molecule has 2 N–H and O–H groups in total. The minimum absolute atomic E-state index is 0.0179. The van der Waals surface area contributed by atoms with Gasteiger partial charge in [-0.25, -0.2) is 0 Å². The molecule has 2 saturated heterocycles. The smallest absolute Gasteiger partial charge is 0.171 e. The van der Waals surface area contributed by atoms with E-state index in [1.807, 2.05) is 0 Å². The lowest BCUT2D eigenvalue weighted by Gasteiger charge is -2.60. The van der Waals surface area contributed by atoms with Gasteiger partial charge in [0, 0.05) is 36.0 Å². The molecule has 0 aromatic rings. The van der Waals surface area contributed by atoms with Crippen molar-refractivity contribution < 1.29 is 24.5 Å². The summed E-state index contributed by atoms with van der Waals surface area (Å²) in [5.74, 6) is 1.57. The maximum absolute atomic E-state index is 14.0. The fourth-order valence-electron chi connectivity index (χ4n) is 9.95. The van der Waals surface area contributed by atoms with Gasteiger partial charge in [-0.15, -0.1) is 0 Å². The van der Waals surface area contributed by atoms with E-state index in [1.54, 1.807) is 0 Å². The highest BCUT2D eigenvalue weighted by atomic mass is 16.7. The van der Waals surface area contributed by atoms with Crippen molar-refractivity contribution in [2.24, 2.45) is 52.3 Å². The number of ether oxygens (including phenoxy) is 2. The Hall–Kier alpha value is -0.490. The molecule has 6 fully saturated rings. The third kappa shape index (κ3) is 2.63. The van der Waals surface area contributed by atoms with Crippen LogP contribution >= 0.6 is 0 Å². The molecule has 2 heterocycles. The second-order valence-electron chi connectivity index (χ2n) is 13.1. The zero-order chi connectivity index (χ0) is 22.6. The third-order valence-electron chi connectivity index (χ3n) is 11.8. The highest BCUT2D eigenvalue weighted by Gasteiger charge is 2.74. The number of aliphatic hydroxyl groups is 2. The van der Waals surface area contributed by atoms with Crippen LogP contribution in [0.3, 0.4) is 0 Å². The maximum atomic E-state index is 14.0. The Kier molecular flexibility index (Phi) is 4.83. The van der Waals surface area contributed by atoms with Gasteiger partial charge in [0.15, 0.2) is 5.79 Å². The lowest BCUT2D eigenvalue weighted by molar-refractivity contribution is -0.281. The van der Waals surface area contributed by atoms with Crippen molar-refractivity contribution in [3.05, 3.63) is 0 Å². The Morgan fingerprint density at radius 3 is 2.50 bits per heavy atom. The molecular formula is C27H42O5. The van der Waals surface area contributed by atoms with Crippen LogP contribution < -0.4 is 0 Å². The van der Waals surface area contributed by atoms with E-state index in [-0.39, 0.29) is 35.4 Å². The molecule has 5 nitrogen and oxygen atoms in total. The van der Waals surface area contributed by atoms with Crippen molar-refractivity contribution in [3.8, 4) is 0 Å². The van der Waals surface area contributed by atoms with E-state index in [1.165, 1.54) is 0 Å². The first kappa shape index (κ1) is 22.0. The van der Waals surface area contributed by atoms with E-state index in [9.17, 15) is 15.0 Å². The number of hydrogen-bond donors (Lipinski definition) is 2. The summed E-state index contributed by atoms with van der Waals surface area (Å²) in [6, 6.07) is 0. The number of aliphatic hydroxyl groups excluding tert-OH is 2. The highest BCUT2D eigenvalue weighted by molar-refractivity contribution is 5.87. The molecule has 0 bridgehead atoms. The fraction of sp³-hybridized carbons (Fsp3) is 0.963. The van der Waals surface area contributed by atoms with Gasteiger partial charge < -0.3 is 19.7 Å². The van der Waals surface area contributed by atoms with Gasteiger partial charge in [-0.2, -0.15) is 0 Å². The molecule has 4 aliphatic carbocycles. The van der Waals surface area contributed by atoms with Crippen LogP contribution in [0.2, 0.25) is 0 Å². The lowest BCUT2D eigenvalue weighted by atomic mass is 9.44. The molecule has 0 aromatic heterocycles. The molecule has 6 rings (SSSR count). The SMILES string of the molecule is C[C@@H]1CC[C@@]2(OC1)O[C@H]1[C@H](O)[C@H]3[C@@H]4CC[C@H]5C[C@@H](O)CC[C@]5(C)[C@H]4CC(=O)[C@]3(C)[C@H]1[C@@H]2C. The first-order chi connectivity index (χ1) is 15.1. The van der Waals surface area contributed by atoms with Crippen molar-refractivity contribution in [1.29, 1.82) is 0 Å². The zero-order valence-electron chi connectivity index (χ0n) is 20.3. The summed E-state index contributed by atoms with van der Waals surface area (Å²) in [5.41, 5.74) is -0.426. The number of Topliss-reactive ketones (excluding diaryl/α,β-unsaturated/α-hetero) is 1. The molecule has 180 valence electrons. The fourth-order valence-corrected chi connectivity index (χ4v) is 9.95. The van der Waals surface area contributed by atoms with Crippen molar-refractivity contribution in [2.75, 3.05) is 6.61 Å². The van der Waals surface area contributed by atoms with E-state index in [2.05, 4.69) is 27.7 Å². The van der Waals surface area contributed by atoms with Crippen LogP contribution in [0.5, 0.6) is 0 Å². The Morgan fingerprint density at radius 2 is 1.78 bits per heavy atom. The Balaban J connectivity index is 1.34. The summed E-state index contributed by atoms with van der Waals surface area (Å²) < 4.78 is 13.0. The molecule has 0 radical (unpaired) electrons. The van der Waals surface area contributed by atoms with Gasteiger partial charge in [0.2, 0.25) is 0 Å². The lowest BCUT2D eigenvalue weighted by Crippen LogP contribution is -2.59. The Bertz CT molecular complexity index is 789. The van der Waals surface area contributed by atoms with Gasteiger partial charge >= 0.3 is 0 Å². The van der Waals surface area contributed by atoms with Crippen LogP contribution in [0.4, 0.5) is 0 Å². The summed E-state index contributed by atoms with van der Waals surface area (Å²) >= 11 is 0. The molecule has 32 heavy (non-hydrogen) atoms. The summed E-state index contributed by atoms with van der Waals surface area (Å²) in [7, 11) is 0. The van der Waals surface area contributed by atoms with Gasteiger partial charge in [-0.3, -0.25) is 4.79 Å². The topological polar surface area (TPSA) is 76.0 Å². The molecule has 13 atom stereocenters. The minimum atomic E-state index is -0.628. The van der Waals surface area contributed by atoms with Gasteiger partial charge in [0.1, 0.15) is 5.78 Å². The molecule has 4 saturated carbocycles. The standard InChI is InChI=1S/C27H42O5/c1-14-7-10-27(31-13-14)15(2)21-24(32-27)23(30)22-18-6-5-16-11-17(28)8-9-25(16,3)19(18)12-20(29)26(21,22)4/h14-19,21-24,28,30H,5-13H2,1-4H3/t14-,15+,16+,17+,18-,19+,21+,22-,23-,24-,25+,26-,27-/m1/s1. The molecule has 6 aliphatic rings. The molecule has 1 spiro atoms. The van der Waals surface area contributed by atoms with E-state index >= 15 is 0 Å². The second kappa shape index (κ2) is 7.02. The first-order valence-electron chi connectivity index (χ1n) is 13.3. The van der Waals surface area contributed by atoms with Crippen molar-refractivity contribution >= 4 is 5.78 Å². The van der Waals surface area contributed by atoms with Crippen LogP contribution in [-0.2, 0) is 14.3 Å². The quantitative estimate of drug-likeness (QED) is 0.589. The summed E-state index contributed by atoms with van der Waals surface area (Å²) in [6.45, 7) is 9.66. The van der Waals surface area contributed by atoms with E-state index < -0.39 is 17.3 Å². The molecule has 5 heteroatoms. The van der Waals surface area contributed by atoms with Gasteiger partial charge in [-0.1, -0.05) is 27.7 Å². The van der Waals surface area contributed by atoms with Crippen molar-refractivity contribution in [1.82, 2.24) is 0 Å². The summed E-state index contributed by atoms with van der Waals surface area (Å²) in [6.07, 6.45) is 6.39. The van der Waals surface area contributed by atoms with Gasteiger partial charge in [0.25, 0.3) is 0 Å². The highest BCUT2D eigenvalue weighted by Crippen LogP contribution is 2.70. The van der Waals surface area contributed by atoms with E-state index in [0.29, 0.717) is 42.5 Å². The first-order valence-corrected chi connectivity index (χ1v) is 13.3. The number of carbonyl (C=O) groups is 1. The van der Waals surface area contributed by atoms with Gasteiger partial charge in [-0.05, 0) is 67.6 Å².